The van der Waals surface area contributed by atoms with Crippen LogP contribution in [0.2, 0.25) is 0 Å². The molecule has 6 nitrogen and oxygen atoms in total. The minimum absolute atomic E-state index is 0.216. The summed E-state index contributed by atoms with van der Waals surface area (Å²) in [7, 11) is 0. The van der Waals surface area contributed by atoms with Crippen LogP contribution in [-0.4, -0.2) is 29.6 Å². The molecule has 2 aromatic rings. The minimum Gasteiger partial charge on any atom is -0.484 e. The van der Waals surface area contributed by atoms with Crippen molar-refractivity contribution in [3.05, 3.63) is 53.5 Å². The summed E-state index contributed by atoms with van der Waals surface area (Å²) < 4.78 is 55.2. The first-order valence-corrected chi connectivity index (χ1v) is 9.03. The zero-order valence-electron chi connectivity index (χ0n) is 16.5. The van der Waals surface area contributed by atoms with Crippen molar-refractivity contribution in [1.29, 1.82) is 0 Å². The molecule has 0 saturated heterocycles. The van der Waals surface area contributed by atoms with E-state index in [1.807, 2.05) is 0 Å². The molecule has 10 heteroatoms. The molecule has 1 heterocycles. The third-order valence-corrected chi connectivity index (χ3v) is 3.99. The number of anilines is 1. The Labute approximate surface area is 170 Å². The number of benzene rings is 1. The van der Waals surface area contributed by atoms with E-state index < -0.39 is 30.5 Å². The van der Waals surface area contributed by atoms with Gasteiger partial charge < -0.3 is 15.4 Å². The van der Waals surface area contributed by atoms with E-state index in [2.05, 4.69) is 20.4 Å². The highest BCUT2D eigenvalue weighted by Crippen LogP contribution is 2.22. The number of nitrogens with zero attached hydrogens (tertiary/aromatic N) is 1. The lowest BCUT2D eigenvalue weighted by molar-refractivity contribution is -0.153. The van der Waals surface area contributed by atoms with Crippen molar-refractivity contribution in [3.63, 3.8) is 0 Å². The first-order valence-electron chi connectivity index (χ1n) is 9.03. The Kier molecular flexibility index (Phi) is 7.36. The van der Waals surface area contributed by atoms with Crippen LogP contribution in [0.15, 0.2) is 36.5 Å². The fourth-order valence-corrected chi connectivity index (χ4v) is 2.35. The molecule has 0 spiro atoms. The molecule has 0 aliphatic heterocycles. The van der Waals surface area contributed by atoms with Gasteiger partial charge in [0.1, 0.15) is 17.4 Å². The van der Waals surface area contributed by atoms with Crippen LogP contribution >= 0.6 is 0 Å². The van der Waals surface area contributed by atoms with Crippen LogP contribution in [0.3, 0.4) is 0 Å². The van der Waals surface area contributed by atoms with E-state index in [0.29, 0.717) is 11.4 Å². The Balaban J connectivity index is 2.06. The second kappa shape index (κ2) is 9.55. The van der Waals surface area contributed by atoms with E-state index in [1.54, 1.807) is 32.9 Å². The normalized spacial score (nSPS) is 12.4. The maximum absolute atomic E-state index is 14.2. The molecule has 0 radical (unpaired) electrons. The molecule has 1 unspecified atom stereocenters. The number of nitrogens with one attached hydrogen (secondary N) is 2. The molecule has 2 N–H and O–H groups in total. The molecule has 2 rings (SSSR count). The fourth-order valence-electron chi connectivity index (χ4n) is 2.35. The Morgan fingerprint density at radius 2 is 1.83 bits per heavy atom. The van der Waals surface area contributed by atoms with Crippen LogP contribution in [0.1, 0.15) is 42.7 Å². The number of pyridine rings is 1. The minimum atomic E-state index is -4.56. The molecule has 0 fully saturated rings. The number of carbonyl (C=O) groups excluding carboxylic acids is 2. The van der Waals surface area contributed by atoms with Crippen LogP contribution in [0.4, 0.5) is 23.4 Å². The van der Waals surface area contributed by atoms with Crippen molar-refractivity contribution in [2.75, 3.05) is 11.9 Å². The number of aromatic nitrogens is 1. The second-order valence-electron chi connectivity index (χ2n) is 6.86. The summed E-state index contributed by atoms with van der Waals surface area (Å²) in [5.74, 6) is -2.26. The van der Waals surface area contributed by atoms with E-state index in [9.17, 15) is 27.2 Å². The molecule has 1 atom stereocenters. The topological polar surface area (TPSA) is 80.3 Å². The molecular formula is C20H21F4N3O3. The van der Waals surface area contributed by atoms with Gasteiger partial charge >= 0.3 is 6.18 Å². The van der Waals surface area contributed by atoms with Crippen LogP contribution in [-0.2, 0) is 4.79 Å². The summed E-state index contributed by atoms with van der Waals surface area (Å²) in [5, 5.41) is 5.23. The zero-order valence-corrected chi connectivity index (χ0v) is 16.5. The highest BCUT2D eigenvalue weighted by molar-refractivity contribution is 5.95. The third-order valence-electron chi connectivity index (χ3n) is 3.99. The average Bonchev–Trinajstić information content (AvgIpc) is 2.65. The van der Waals surface area contributed by atoms with E-state index in [1.165, 1.54) is 6.20 Å². The van der Waals surface area contributed by atoms with Crippen molar-refractivity contribution in [2.45, 2.75) is 33.0 Å². The maximum atomic E-state index is 14.2. The zero-order chi connectivity index (χ0) is 22.5. The van der Waals surface area contributed by atoms with Crippen molar-refractivity contribution >= 4 is 17.6 Å². The molecule has 162 valence electrons. The first kappa shape index (κ1) is 23.1. The molecule has 30 heavy (non-hydrogen) atoms. The van der Waals surface area contributed by atoms with Gasteiger partial charge in [-0.3, -0.25) is 9.59 Å². The summed E-state index contributed by atoms with van der Waals surface area (Å²) in [6, 6.07) is 5.49. The van der Waals surface area contributed by atoms with Crippen molar-refractivity contribution < 1.29 is 31.9 Å². The molecule has 0 aliphatic carbocycles. The molecule has 0 aliphatic rings. The van der Waals surface area contributed by atoms with Gasteiger partial charge in [-0.05, 0) is 36.8 Å². The monoisotopic (exact) mass is 427 g/mol. The van der Waals surface area contributed by atoms with Gasteiger partial charge in [-0.15, -0.1) is 0 Å². The van der Waals surface area contributed by atoms with Crippen molar-refractivity contribution in [3.8, 4) is 5.75 Å². The number of hydrogen-bond acceptors (Lipinski definition) is 4. The second-order valence-corrected chi connectivity index (χ2v) is 6.86. The maximum Gasteiger partial charge on any atom is 0.422 e. The predicted octanol–water partition coefficient (Wildman–Crippen LogP) is 4.25. The van der Waals surface area contributed by atoms with E-state index >= 15 is 0 Å². The highest BCUT2D eigenvalue weighted by atomic mass is 19.4. The van der Waals surface area contributed by atoms with Crippen molar-refractivity contribution in [1.82, 2.24) is 10.3 Å². The first-order chi connectivity index (χ1) is 14.0. The smallest absolute Gasteiger partial charge is 0.422 e. The molecule has 0 saturated carbocycles. The van der Waals surface area contributed by atoms with Crippen LogP contribution < -0.4 is 15.4 Å². The number of ether oxygens (including phenoxy) is 1. The van der Waals surface area contributed by atoms with Gasteiger partial charge in [-0.25, -0.2) is 9.37 Å². The number of alkyl halides is 3. The molecule has 2 amide bonds. The van der Waals surface area contributed by atoms with Crippen LogP contribution in [0, 0.1) is 11.7 Å². The standard InChI is InChI=1S/C20H21F4N3O3/c1-11(2)18(28)27-17-8-13(6-7-25-17)12(3)26-19(29)15-5-4-14(9-16(15)21)30-10-20(22,23)24/h4-9,11-12H,10H2,1-3H3,(H,26,29)(H,25,27,28). The van der Waals surface area contributed by atoms with Crippen LogP contribution in [0.5, 0.6) is 5.75 Å². The van der Waals surface area contributed by atoms with Gasteiger partial charge in [-0.1, -0.05) is 13.8 Å². The number of carbonyl (C=O) groups is 2. The SMILES string of the molecule is CC(C)C(=O)Nc1cc(C(C)NC(=O)c2ccc(OCC(F)(F)F)cc2F)ccn1. The van der Waals surface area contributed by atoms with Crippen LogP contribution in [0.25, 0.3) is 0 Å². The van der Waals surface area contributed by atoms with Gasteiger partial charge in [0.2, 0.25) is 5.91 Å². The predicted molar refractivity (Wildman–Crippen MR) is 102 cm³/mol. The summed E-state index contributed by atoms with van der Waals surface area (Å²) in [6.07, 6.45) is -3.10. The third kappa shape index (κ3) is 6.71. The molecule has 1 aromatic heterocycles. The largest absolute Gasteiger partial charge is 0.484 e. The number of hydrogen-bond donors (Lipinski definition) is 2. The lowest BCUT2D eigenvalue weighted by Gasteiger charge is -2.16. The summed E-state index contributed by atoms with van der Waals surface area (Å²) in [4.78, 5) is 28.2. The molecule has 1 aromatic carbocycles. The van der Waals surface area contributed by atoms with E-state index in [4.69, 9.17) is 0 Å². The lowest BCUT2D eigenvalue weighted by atomic mass is 10.1. The van der Waals surface area contributed by atoms with Gasteiger partial charge in [0.05, 0.1) is 11.6 Å². The fraction of sp³-hybridized carbons (Fsp3) is 0.350. The number of halogens is 4. The van der Waals surface area contributed by atoms with E-state index in [0.717, 1.165) is 18.2 Å². The average molecular weight is 427 g/mol. The molecular weight excluding hydrogens is 406 g/mol. The number of rotatable bonds is 7. The number of amides is 2. The van der Waals surface area contributed by atoms with Gasteiger partial charge in [0.15, 0.2) is 6.61 Å². The lowest BCUT2D eigenvalue weighted by Crippen LogP contribution is -2.27. The Morgan fingerprint density at radius 3 is 2.43 bits per heavy atom. The summed E-state index contributed by atoms with van der Waals surface area (Å²) in [6.45, 7) is 3.55. The summed E-state index contributed by atoms with van der Waals surface area (Å²) >= 11 is 0. The van der Waals surface area contributed by atoms with Gasteiger partial charge in [0, 0.05) is 18.2 Å². The Bertz CT molecular complexity index is 916. The van der Waals surface area contributed by atoms with Gasteiger partial charge in [0.25, 0.3) is 5.91 Å². The Morgan fingerprint density at radius 1 is 1.13 bits per heavy atom. The summed E-state index contributed by atoms with van der Waals surface area (Å²) in [5.41, 5.74) is 0.270. The highest BCUT2D eigenvalue weighted by Gasteiger charge is 2.28. The van der Waals surface area contributed by atoms with Gasteiger partial charge in [-0.2, -0.15) is 13.2 Å². The van der Waals surface area contributed by atoms with E-state index in [-0.39, 0.29) is 23.1 Å². The molecule has 0 bridgehead atoms. The quantitative estimate of drug-likeness (QED) is 0.648. The Hall–Kier alpha value is -3.17. The van der Waals surface area contributed by atoms with Crippen molar-refractivity contribution in [2.24, 2.45) is 5.92 Å².